The van der Waals surface area contributed by atoms with Gasteiger partial charge in [-0.15, -0.1) is 0 Å². The zero-order valence-electron chi connectivity index (χ0n) is 10.7. The van der Waals surface area contributed by atoms with Gasteiger partial charge in [-0.2, -0.15) is 0 Å². The Bertz CT molecular complexity index is 595. The lowest BCUT2D eigenvalue weighted by molar-refractivity contribution is -0.137. The van der Waals surface area contributed by atoms with E-state index in [1.807, 2.05) is 0 Å². The quantitative estimate of drug-likeness (QED) is 0.787. The van der Waals surface area contributed by atoms with E-state index < -0.39 is 5.97 Å². The number of aromatic nitrogens is 2. The van der Waals surface area contributed by atoms with Gasteiger partial charge in [0, 0.05) is 12.6 Å². The van der Waals surface area contributed by atoms with Crippen molar-refractivity contribution in [3.05, 3.63) is 24.0 Å². The fourth-order valence-corrected chi connectivity index (χ4v) is 1.91. The average Bonchev–Trinajstić information content (AvgIpc) is 2.66. The Morgan fingerprint density at radius 2 is 2.32 bits per heavy atom. The van der Waals surface area contributed by atoms with Gasteiger partial charge >= 0.3 is 5.97 Å². The molecule has 0 aliphatic heterocycles. The summed E-state index contributed by atoms with van der Waals surface area (Å²) in [6, 6.07) is 4.16. The molecule has 2 aromatic rings. The van der Waals surface area contributed by atoms with Crippen LogP contribution >= 0.6 is 0 Å². The van der Waals surface area contributed by atoms with Crippen LogP contribution in [0.2, 0.25) is 0 Å². The van der Waals surface area contributed by atoms with E-state index in [1.54, 1.807) is 10.6 Å². The summed E-state index contributed by atoms with van der Waals surface area (Å²) in [6.45, 7) is 2.58. The maximum atomic E-state index is 13.2. The van der Waals surface area contributed by atoms with Crippen LogP contribution in [0, 0.1) is 5.82 Å². The second kappa shape index (κ2) is 5.69. The Kier molecular flexibility index (Phi) is 3.99. The lowest BCUT2D eigenvalue weighted by atomic mass is 10.3. The van der Waals surface area contributed by atoms with Crippen molar-refractivity contribution in [2.24, 2.45) is 0 Å². The number of aliphatic carboxylic acids is 1. The predicted molar refractivity (Wildman–Crippen MR) is 70.7 cm³/mol. The van der Waals surface area contributed by atoms with E-state index >= 15 is 0 Å². The van der Waals surface area contributed by atoms with Crippen molar-refractivity contribution in [2.75, 3.05) is 11.9 Å². The topological polar surface area (TPSA) is 67.2 Å². The molecule has 0 atom stereocenters. The van der Waals surface area contributed by atoms with Gasteiger partial charge < -0.3 is 10.4 Å². The summed E-state index contributed by atoms with van der Waals surface area (Å²) < 4.78 is 14.7. The standard InChI is InChI=1S/C13H16FN3O2/c1-2-3-6-15-13-16-10-7-9(14)4-5-11(10)17(13)8-12(18)19/h4-5,7H,2-3,6,8H2,1H3,(H,15,16)(H,18,19). The highest BCUT2D eigenvalue weighted by Gasteiger charge is 2.13. The number of nitrogens with zero attached hydrogens (tertiary/aromatic N) is 2. The second-order valence-corrected chi connectivity index (χ2v) is 4.33. The third kappa shape index (κ3) is 3.01. The van der Waals surface area contributed by atoms with E-state index in [-0.39, 0.29) is 12.4 Å². The molecule has 1 aromatic heterocycles. The Balaban J connectivity index is 2.38. The molecule has 5 nitrogen and oxygen atoms in total. The van der Waals surface area contributed by atoms with Gasteiger partial charge in [0.2, 0.25) is 5.95 Å². The van der Waals surface area contributed by atoms with Crippen LogP contribution in [0.15, 0.2) is 18.2 Å². The molecule has 0 spiro atoms. The molecule has 0 aliphatic carbocycles. The molecule has 6 heteroatoms. The van der Waals surface area contributed by atoms with Crippen LogP contribution in [0.25, 0.3) is 11.0 Å². The van der Waals surface area contributed by atoms with Crippen molar-refractivity contribution in [3.63, 3.8) is 0 Å². The number of carbonyl (C=O) groups is 1. The number of benzene rings is 1. The van der Waals surface area contributed by atoms with Gasteiger partial charge in [0.15, 0.2) is 0 Å². The molecule has 2 N–H and O–H groups in total. The summed E-state index contributed by atoms with van der Waals surface area (Å²) >= 11 is 0. The van der Waals surface area contributed by atoms with Crippen LogP contribution in [0.4, 0.5) is 10.3 Å². The number of nitrogens with one attached hydrogen (secondary N) is 1. The van der Waals surface area contributed by atoms with Crippen molar-refractivity contribution in [1.82, 2.24) is 9.55 Å². The number of carboxylic acids is 1. The third-order valence-corrected chi connectivity index (χ3v) is 2.82. The second-order valence-electron chi connectivity index (χ2n) is 4.33. The average molecular weight is 265 g/mol. The zero-order chi connectivity index (χ0) is 13.8. The molecule has 0 aliphatic rings. The fraction of sp³-hybridized carbons (Fsp3) is 0.385. The molecule has 19 heavy (non-hydrogen) atoms. The first kappa shape index (κ1) is 13.3. The molecular formula is C13H16FN3O2. The molecule has 0 bridgehead atoms. The number of hydrogen-bond donors (Lipinski definition) is 2. The number of fused-ring (bicyclic) bond motifs is 1. The van der Waals surface area contributed by atoms with Crippen molar-refractivity contribution >= 4 is 23.0 Å². The Hall–Kier alpha value is -2.11. The lowest BCUT2D eigenvalue weighted by Gasteiger charge is -2.07. The number of carboxylic acid groups (broad SMARTS) is 1. The molecule has 0 radical (unpaired) electrons. The highest BCUT2D eigenvalue weighted by Crippen LogP contribution is 2.20. The molecule has 0 unspecified atom stereocenters. The molecule has 102 valence electrons. The van der Waals surface area contributed by atoms with Crippen LogP contribution in [-0.2, 0) is 11.3 Å². The van der Waals surface area contributed by atoms with E-state index in [2.05, 4.69) is 17.2 Å². The molecule has 1 heterocycles. The number of rotatable bonds is 6. The Morgan fingerprint density at radius 1 is 1.53 bits per heavy atom. The third-order valence-electron chi connectivity index (χ3n) is 2.82. The van der Waals surface area contributed by atoms with E-state index in [0.717, 1.165) is 12.8 Å². The van der Waals surface area contributed by atoms with Crippen LogP contribution < -0.4 is 5.32 Å². The fourth-order valence-electron chi connectivity index (χ4n) is 1.91. The van der Waals surface area contributed by atoms with Gasteiger partial charge in [0.05, 0.1) is 11.0 Å². The smallest absolute Gasteiger partial charge is 0.323 e. The van der Waals surface area contributed by atoms with Crippen molar-refractivity contribution in [1.29, 1.82) is 0 Å². The molecular weight excluding hydrogens is 249 g/mol. The Labute approximate surface area is 110 Å². The first-order valence-corrected chi connectivity index (χ1v) is 6.23. The molecule has 1 aromatic carbocycles. The number of anilines is 1. The summed E-state index contributed by atoms with van der Waals surface area (Å²) in [6.07, 6.45) is 1.99. The van der Waals surface area contributed by atoms with Gasteiger partial charge in [0.25, 0.3) is 0 Å². The summed E-state index contributed by atoms with van der Waals surface area (Å²) in [4.78, 5) is 15.2. The largest absolute Gasteiger partial charge is 0.480 e. The van der Waals surface area contributed by atoms with Gasteiger partial charge in [0.1, 0.15) is 12.4 Å². The highest BCUT2D eigenvalue weighted by molar-refractivity contribution is 5.81. The van der Waals surface area contributed by atoms with E-state index in [9.17, 15) is 9.18 Å². The summed E-state index contributed by atoms with van der Waals surface area (Å²) in [5.41, 5.74) is 1.07. The zero-order valence-corrected chi connectivity index (χ0v) is 10.7. The van der Waals surface area contributed by atoms with Crippen molar-refractivity contribution in [3.8, 4) is 0 Å². The van der Waals surface area contributed by atoms with Gasteiger partial charge in [-0.1, -0.05) is 13.3 Å². The van der Waals surface area contributed by atoms with Crippen LogP contribution in [0.3, 0.4) is 0 Å². The number of unbranched alkanes of at least 4 members (excludes halogenated alkanes) is 1. The molecule has 2 rings (SSSR count). The summed E-state index contributed by atoms with van der Waals surface area (Å²) in [5, 5.41) is 12.0. The molecule has 0 amide bonds. The molecule has 0 saturated carbocycles. The first-order valence-electron chi connectivity index (χ1n) is 6.23. The van der Waals surface area contributed by atoms with Gasteiger partial charge in [-0.25, -0.2) is 9.37 Å². The molecule has 0 saturated heterocycles. The van der Waals surface area contributed by atoms with Gasteiger partial charge in [-0.05, 0) is 18.6 Å². The normalized spacial score (nSPS) is 10.8. The van der Waals surface area contributed by atoms with Crippen molar-refractivity contribution < 1.29 is 14.3 Å². The minimum Gasteiger partial charge on any atom is -0.480 e. The predicted octanol–water partition coefficient (Wildman–Crippen LogP) is 2.47. The molecule has 0 fully saturated rings. The van der Waals surface area contributed by atoms with E-state index in [0.29, 0.717) is 23.5 Å². The minimum atomic E-state index is -0.956. The lowest BCUT2D eigenvalue weighted by Crippen LogP contribution is -2.13. The van der Waals surface area contributed by atoms with Crippen LogP contribution in [0.1, 0.15) is 19.8 Å². The monoisotopic (exact) mass is 265 g/mol. The SMILES string of the molecule is CCCCNc1nc2cc(F)ccc2n1CC(=O)O. The minimum absolute atomic E-state index is 0.198. The Morgan fingerprint density at radius 3 is 3.00 bits per heavy atom. The maximum Gasteiger partial charge on any atom is 0.323 e. The summed E-state index contributed by atoms with van der Waals surface area (Å²) in [7, 11) is 0. The van der Waals surface area contributed by atoms with Crippen LogP contribution in [0.5, 0.6) is 0 Å². The number of imidazole rings is 1. The first-order chi connectivity index (χ1) is 9.11. The van der Waals surface area contributed by atoms with Crippen LogP contribution in [-0.4, -0.2) is 27.2 Å². The highest BCUT2D eigenvalue weighted by atomic mass is 19.1. The van der Waals surface area contributed by atoms with E-state index in [4.69, 9.17) is 5.11 Å². The number of hydrogen-bond acceptors (Lipinski definition) is 3. The number of halogens is 1. The van der Waals surface area contributed by atoms with Crippen molar-refractivity contribution in [2.45, 2.75) is 26.3 Å². The maximum absolute atomic E-state index is 13.2. The summed E-state index contributed by atoms with van der Waals surface area (Å²) in [5.74, 6) is -0.869. The van der Waals surface area contributed by atoms with Gasteiger partial charge in [-0.3, -0.25) is 9.36 Å². The van der Waals surface area contributed by atoms with E-state index in [1.165, 1.54) is 12.1 Å².